The standard InChI is InChI=1S/C15H21FN2O/c1-3-15(4-2)18(5-6-19)11-13-7-12(10-17)8-14(16)9-13/h7-9,15,19H,3-6,11H2,1-2H3. The zero-order valence-corrected chi connectivity index (χ0v) is 11.6. The van der Waals surface area contributed by atoms with Gasteiger partial charge in [0.15, 0.2) is 0 Å². The van der Waals surface area contributed by atoms with E-state index < -0.39 is 0 Å². The Balaban J connectivity index is 2.90. The highest BCUT2D eigenvalue weighted by Crippen LogP contribution is 2.15. The van der Waals surface area contributed by atoms with E-state index >= 15 is 0 Å². The minimum atomic E-state index is -0.387. The van der Waals surface area contributed by atoms with Crippen LogP contribution < -0.4 is 0 Å². The largest absolute Gasteiger partial charge is 0.395 e. The van der Waals surface area contributed by atoms with Crippen molar-refractivity contribution in [3.8, 4) is 6.07 Å². The third-order valence-electron chi connectivity index (χ3n) is 3.32. The average molecular weight is 264 g/mol. The predicted molar refractivity (Wildman–Crippen MR) is 73.0 cm³/mol. The quantitative estimate of drug-likeness (QED) is 0.823. The number of hydrogen-bond donors (Lipinski definition) is 1. The first-order chi connectivity index (χ1) is 9.14. The molecule has 0 amide bonds. The van der Waals surface area contributed by atoms with Gasteiger partial charge in [0, 0.05) is 19.1 Å². The van der Waals surface area contributed by atoms with E-state index in [-0.39, 0.29) is 12.4 Å². The van der Waals surface area contributed by atoms with Crippen molar-refractivity contribution in [3.05, 3.63) is 35.1 Å². The fourth-order valence-electron chi connectivity index (χ4n) is 2.36. The zero-order valence-electron chi connectivity index (χ0n) is 11.6. The van der Waals surface area contributed by atoms with Gasteiger partial charge < -0.3 is 5.11 Å². The second kappa shape index (κ2) is 7.88. The predicted octanol–water partition coefficient (Wildman–Crippen LogP) is 2.68. The van der Waals surface area contributed by atoms with Crippen LogP contribution >= 0.6 is 0 Å². The number of nitriles is 1. The Morgan fingerprint density at radius 1 is 1.32 bits per heavy atom. The van der Waals surface area contributed by atoms with Gasteiger partial charge in [-0.15, -0.1) is 0 Å². The van der Waals surface area contributed by atoms with Crippen molar-refractivity contribution in [1.82, 2.24) is 4.90 Å². The van der Waals surface area contributed by atoms with E-state index in [1.807, 2.05) is 6.07 Å². The summed E-state index contributed by atoms with van der Waals surface area (Å²) in [6.45, 7) is 5.40. The smallest absolute Gasteiger partial charge is 0.124 e. The molecule has 0 fully saturated rings. The van der Waals surface area contributed by atoms with E-state index in [1.165, 1.54) is 12.1 Å². The fourth-order valence-corrected chi connectivity index (χ4v) is 2.36. The Morgan fingerprint density at radius 3 is 2.53 bits per heavy atom. The summed E-state index contributed by atoms with van der Waals surface area (Å²) in [5.74, 6) is -0.387. The minimum absolute atomic E-state index is 0.0803. The first kappa shape index (κ1) is 15.6. The molecule has 0 saturated heterocycles. The van der Waals surface area contributed by atoms with Crippen LogP contribution in [0.1, 0.15) is 37.8 Å². The molecule has 0 spiro atoms. The van der Waals surface area contributed by atoms with Crippen molar-refractivity contribution in [2.75, 3.05) is 13.2 Å². The molecule has 0 unspecified atom stereocenters. The molecule has 1 aromatic carbocycles. The van der Waals surface area contributed by atoms with Crippen LogP contribution in [0.15, 0.2) is 18.2 Å². The maximum atomic E-state index is 13.4. The highest BCUT2D eigenvalue weighted by atomic mass is 19.1. The van der Waals surface area contributed by atoms with Crippen LogP contribution in [0.5, 0.6) is 0 Å². The van der Waals surface area contributed by atoms with Gasteiger partial charge in [-0.05, 0) is 36.6 Å². The molecule has 19 heavy (non-hydrogen) atoms. The van der Waals surface area contributed by atoms with Crippen molar-refractivity contribution >= 4 is 0 Å². The van der Waals surface area contributed by atoms with Gasteiger partial charge in [0.1, 0.15) is 5.82 Å². The monoisotopic (exact) mass is 264 g/mol. The van der Waals surface area contributed by atoms with Crippen LogP contribution in [0.3, 0.4) is 0 Å². The summed E-state index contributed by atoms with van der Waals surface area (Å²) in [4.78, 5) is 2.13. The van der Waals surface area contributed by atoms with Gasteiger partial charge in [0.25, 0.3) is 0 Å². The maximum Gasteiger partial charge on any atom is 0.124 e. The summed E-state index contributed by atoms with van der Waals surface area (Å²) in [6.07, 6.45) is 1.97. The van der Waals surface area contributed by atoms with Gasteiger partial charge in [-0.1, -0.05) is 13.8 Å². The van der Waals surface area contributed by atoms with Crippen LogP contribution in [-0.2, 0) is 6.54 Å². The van der Waals surface area contributed by atoms with Crippen molar-refractivity contribution in [2.24, 2.45) is 0 Å². The van der Waals surface area contributed by atoms with E-state index in [0.29, 0.717) is 24.7 Å². The van der Waals surface area contributed by atoms with Crippen LogP contribution in [0.2, 0.25) is 0 Å². The maximum absolute atomic E-state index is 13.4. The van der Waals surface area contributed by atoms with Gasteiger partial charge in [-0.3, -0.25) is 4.90 Å². The second-order valence-corrected chi connectivity index (χ2v) is 4.62. The lowest BCUT2D eigenvalue weighted by molar-refractivity contribution is 0.136. The Kier molecular flexibility index (Phi) is 6.48. The molecule has 0 atom stereocenters. The first-order valence-electron chi connectivity index (χ1n) is 6.69. The molecule has 1 aromatic rings. The van der Waals surface area contributed by atoms with E-state index in [9.17, 15) is 4.39 Å². The summed E-state index contributed by atoms with van der Waals surface area (Å²) < 4.78 is 13.4. The highest BCUT2D eigenvalue weighted by Gasteiger charge is 2.15. The van der Waals surface area contributed by atoms with Crippen LogP contribution in [0.25, 0.3) is 0 Å². The molecule has 0 aromatic heterocycles. The molecule has 4 heteroatoms. The van der Waals surface area contributed by atoms with E-state index in [1.54, 1.807) is 6.07 Å². The summed E-state index contributed by atoms with van der Waals surface area (Å²) in [5.41, 5.74) is 1.11. The summed E-state index contributed by atoms with van der Waals surface area (Å²) in [5, 5.41) is 18.0. The molecule has 0 heterocycles. The number of hydrogen-bond acceptors (Lipinski definition) is 3. The van der Waals surface area contributed by atoms with Crippen LogP contribution in [0, 0.1) is 17.1 Å². The Bertz CT molecular complexity index is 438. The molecule has 0 radical (unpaired) electrons. The second-order valence-electron chi connectivity index (χ2n) is 4.62. The minimum Gasteiger partial charge on any atom is -0.395 e. The van der Waals surface area contributed by atoms with Crippen molar-refractivity contribution in [2.45, 2.75) is 39.3 Å². The third-order valence-corrected chi connectivity index (χ3v) is 3.32. The van der Waals surface area contributed by atoms with Gasteiger partial charge in [-0.2, -0.15) is 5.26 Å². The Morgan fingerprint density at radius 2 is 2.00 bits per heavy atom. The third kappa shape index (κ3) is 4.62. The van der Waals surface area contributed by atoms with Gasteiger partial charge >= 0.3 is 0 Å². The van der Waals surface area contributed by atoms with Crippen molar-refractivity contribution < 1.29 is 9.50 Å². The normalized spacial score (nSPS) is 11.0. The summed E-state index contributed by atoms with van der Waals surface area (Å²) in [7, 11) is 0. The molecule has 0 aliphatic heterocycles. The molecular formula is C15H21FN2O. The van der Waals surface area contributed by atoms with E-state index in [2.05, 4.69) is 18.7 Å². The highest BCUT2D eigenvalue weighted by molar-refractivity contribution is 5.33. The molecular weight excluding hydrogens is 243 g/mol. The summed E-state index contributed by atoms with van der Waals surface area (Å²) in [6, 6.07) is 6.71. The number of nitrogens with zero attached hydrogens (tertiary/aromatic N) is 2. The van der Waals surface area contributed by atoms with Crippen molar-refractivity contribution in [1.29, 1.82) is 5.26 Å². The molecule has 1 N–H and O–H groups in total. The number of rotatable bonds is 7. The van der Waals surface area contributed by atoms with Crippen molar-refractivity contribution in [3.63, 3.8) is 0 Å². The van der Waals surface area contributed by atoms with E-state index in [0.717, 1.165) is 18.4 Å². The van der Waals surface area contributed by atoms with Gasteiger partial charge in [0.2, 0.25) is 0 Å². The van der Waals surface area contributed by atoms with Gasteiger partial charge in [0.05, 0.1) is 18.2 Å². The molecule has 3 nitrogen and oxygen atoms in total. The molecule has 1 rings (SSSR count). The lowest BCUT2D eigenvalue weighted by Gasteiger charge is -2.29. The number of benzene rings is 1. The number of aliphatic hydroxyl groups excluding tert-OH is 1. The summed E-state index contributed by atoms with van der Waals surface area (Å²) >= 11 is 0. The topological polar surface area (TPSA) is 47.3 Å². The van der Waals surface area contributed by atoms with Crippen LogP contribution in [-0.4, -0.2) is 29.2 Å². The zero-order chi connectivity index (χ0) is 14.3. The SMILES string of the molecule is CCC(CC)N(CCO)Cc1cc(F)cc(C#N)c1. The molecule has 0 saturated carbocycles. The van der Waals surface area contributed by atoms with Gasteiger partial charge in [-0.25, -0.2) is 4.39 Å². The van der Waals surface area contributed by atoms with E-state index in [4.69, 9.17) is 10.4 Å². The lowest BCUT2D eigenvalue weighted by atomic mass is 10.1. The number of aliphatic hydroxyl groups is 1. The molecule has 104 valence electrons. The fraction of sp³-hybridized carbons (Fsp3) is 0.533. The molecule has 0 bridgehead atoms. The van der Waals surface area contributed by atoms with Crippen LogP contribution in [0.4, 0.5) is 4.39 Å². The molecule has 0 aliphatic carbocycles. The Labute approximate surface area is 114 Å². The molecule has 0 aliphatic rings. The Hall–Kier alpha value is -1.44. The lowest BCUT2D eigenvalue weighted by Crippen LogP contribution is -2.36. The average Bonchev–Trinajstić information content (AvgIpc) is 2.39. The first-order valence-corrected chi connectivity index (χ1v) is 6.69. The number of halogens is 1.